The van der Waals surface area contributed by atoms with Crippen LogP contribution in [0.25, 0.3) is 0 Å². The molecule has 0 saturated heterocycles. The molecule has 1 aromatic carbocycles. The largest absolute Gasteiger partial charge is 0.496 e. The molecule has 0 aliphatic heterocycles. The Bertz CT molecular complexity index is 580. The lowest BCUT2D eigenvalue weighted by atomic mass is 10.1. The highest BCUT2D eigenvalue weighted by Gasteiger charge is 2.12. The molecule has 102 valence electrons. The monoisotopic (exact) mass is 339 g/mol. The van der Waals surface area contributed by atoms with E-state index in [-0.39, 0.29) is 6.04 Å². The Morgan fingerprint density at radius 2 is 2.05 bits per heavy atom. The Hall–Kier alpha value is -1.000. The van der Waals surface area contributed by atoms with Gasteiger partial charge in [0.1, 0.15) is 5.75 Å². The topological polar surface area (TPSA) is 21.3 Å². The van der Waals surface area contributed by atoms with Gasteiger partial charge in [-0.05, 0) is 54.4 Å². The summed E-state index contributed by atoms with van der Waals surface area (Å²) in [4.78, 5) is 1.31. The molecule has 2 rings (SSSR count). The molecule has 4 heteroatoms. The molecule has 19 heavy (non-hydrogen) atoms. The normalized spacial score (nSPS) is 12.3. The average molecular weight is 340 g/mol. The fourth-order valence-electron chi connectivity index (χ4n) is 2.16. The molecule has 1 unspecified atom stereocenters. The number of hydrogen-bond donors (Lipinski definition) is 1. The van der Waals surface area contributed by atoms with Gasteiger partial charge in [0.2, 0.25) is 0 Å². The number of aryl methyl sites for hydroxylation is 1. The van der Waals surface area contributed by atoms with E-state index >= 15 is 0 Å². The van der Waals surface area contributed by atoms with Gasteiger partial charge in [0.15, 0.2) is 0 Å². The summed E-state index contributed by atoms with van der Waals surface area (Å²) in [7, 11) is 1.72. The van der Waals surface area contributed by atoms with Crippen molar-refractivity contribution in [1.82, 2.24) is 0 Å². The van der Waals surface area contributed by atoms with Gasteiger partial charge in [-0.1, -0.05) is 6.07 Å². The molecule has 2 aromatic rings. The van der Waals surface area contributed by atoms with Crippen molar-refractivity contribution in [3.05, 3.63) is 44.1 Å². The van der Waals surface area contributed by atoms with E-state index in [0.717, 1.165) is 27.0 Å². The molecule has 0 fully saturated rings. The number of hydrogen-bond acceptors (Lipinski definition) is 3. The third-order valence-electron chi connectivity index (χ3n) is 3.19. The minimum atomic E-state index is 0.280. The Labute approximate surface area is 126 Å². The number of benzene rings is 1. The van der Waals surface area contributed by atoms with Gasteiger partial charge >= 0.3 is 0 Å². The highest BCUT2D eigenvalue weighted by atomic mass is 79.9. The molecule has 0 bridgehead atoms. The number of methoxy groups -OCH3 is 1. The highest BCUT2D eigenvalue weighted by Crippen LogP contribution is 2.33. The van der Waals surface area contributed by atoms with E-state index in [1.165, 1.54) is 4.88 Å². The number of ether oxygens (including phenoxy) is 1. The van der Waals surface area contributed by atoms with Gasteiger partial charge in [0.25, 0.3) is 0 Å². The van der Waals surface area contributed by atoms with Crippen LogP contribution in [0, 0.1) is 13.8 Å². The molecule has 1 heterocycles. The number of rotatable bonds is 4. The lowest BCUT2D eigenvalue weighted by molar-refractivity contribution is 0.409. The predicted molar refractivity (Wildman–Crippen MR) is 86.5 cm³/mol. The molecule has 0 radical (unpaired) electrons. The first-order valence-corrected chi connectivity index (χ1v) is 7.85. The van der Waals surface area contributed by atoms with Crippen LogP contribution in [0.2, 0.25) is 0 Å². The smallest absolute Gasteiger partial charge is 0.126 e. The van der Waals surface area contributed by atoms with E-state index in [1.807, 2.05) is 0 Å². The van der Waals surface area contributed by atoms with E-state index in [1.54, 1.807) is 18.4 Å². The van der Waals surface area contributed by atoms with Gasteiger partial charge in [0, 0.05) is 26.0 Å². The van der Waals surface area contributed by atoms with Crippen LogP contribution in [0.1, 0.15) is 29.0 Å². The Morgan fingerprint density at radius 1 is 1.32 bits per heavy atom. The highest BCUT2D eigenvalue weighted by molar-refractivity contribution is 9.10. The molecule has 0 spiro atoms. The quantitative estimate of drug-likeness (QED) is 0.814. The molecule has 0 saturated carbocycles. The van der Waals surface area contributed by atoms with E-state index < -0.39 is 0 Å². The molecule has 0 aliphatic carbocycles. The van der Waals surface area contributed by atoms with E-state index in [9.17, 15) is 0 Å². The van der Waals surface area contributed by atoms with Gasteiger partial charge in [0.05, 0.1) is 13.2 Å². The summed E-state index contributed by atoms with van der Waals surface area (Å²) in [5.74, 6) is 0.963. The maximum Gasteiger partial charge on any atom is 0.126 e. The van der Waals surface area contributed by atoms with Crippen LogP contribution in [0.5, 0.6) is 5.75 Å². The van der Waals surface area contributed by atoms with Crippen molar-refractivity contribution in [2.75, 3.05) is 12.4 Å². The van der Waals surface area contributed by atoms with Crippen molar-refractivity contribution in [3.63, 3.8) is 0 Å². The van der Waals surface area contributed by atoms with Crippen LogP contribution in [0.15, 0.2) is 28.1 Å². The number of halogens is 1. The standard InChI is InChI=1S/C15H18BrNOS/c1-9-5-6-13(10(2)15(9)18-4)17-11(3)14-7-12(16)8-19-14/h5-8,11,17H,1-4H3. The molecule has 1 atom stereocenters. The Balaban J connectivity index is 2.24. The fraction of sp³-hybridized carbons (Fsp3) is 0.333. The first kappa shape index (κ1) is 14.4. The van der Waals surface area contributed by atoms with Crippen LogP contribution in [0.4, 0.5) is 5.69 Å². The van der Waals surface area contributed by atoms with Crippen LogP contribution in [-0.2, 0) is 0 Å². The van der Waals surface area contributed by atoms with Gasteiger partial charge in [-0.25, -0.2) is 0 Å². The molecule has 2 nitrogen and oxygen atoms in total. The van der Waals surface area contributed by atoms with Gasteiger partial charge in [-0.15, -0.1) is 11.3 Å². The summed E-state index contributed by atoms with van der Waals surface area (Å²) in [6.07, 6.45) is 0. The predicted octanol–water partition coefficient (Wildman–Crippen LogP) is 5.31. The van der Waals surface area contributed by atoms with Crippen molar-refractivity contribution in [2.45, 2.75) is 26.8 Å². The van der Waals surface area contributed by atoms with E-state index in [2.05, 4.69) is 65.6 Å². The van der Waals surface area contributed by atoms with Crippen LogP contribution in [-0.4, -0.2) is 7.11 Å². The summed E-state index contributed by atoms with van der Waals surface area (Å²) >= 11 is 5.25. The minimum Gasteiger partial charge on any atom is -0.496 e. The number of nitrogens with one attached hydrogen (secondary N) is 1. The number of anilines is 1. The van der Waals surface area contributed by atoms with Crippen molar-refractivity contribution >= 4 is 33.0 Å². The zero-order valence-corrected chi connectivity index (χ0v) is 14.0. The summed E-state index contributed by atoms with van der Waals surface area (Å²) in [5.41, 5.74) is 3.45. The van der Waals surface area contributed by atoms with Gasteiger partial charge in [-0.2, -0.15) is 0 Å². The first-order chi connectivity index (χ1) is 9.02. The first-order valence-electron chi connectivity index (χ1n) is 6.17. The second-order valence-electron chi connectivity index (χ2n) is 4.62. The second kappa shape index (κ2) is 5.97. The summed E-state index contributed by atoms with van der Waals surface area (Å²) in [6.45, 7) is 6.32. The van der Waals surface area contributed by atoms with Crippen molar-refractivity contribution in [3.8, 4) is 5.75 Å². The maximum absolute atomic E-state index is 5.46. The van der Waals surface area contributed by atoms with Crippen LogP contribution < -0.4 is 10.1 Å². The molecular formula is C15H18BrNOS. The van der Waals surface area contributed by atoms with E-state index in [4.69, 9.17) is 4.74 Å². The Kier molecular flexibility index (Phi) is 4.53. The SMILES string of the molecule is COc1c(C)ccc(NC(C)c2cc(Br)cs2)c1C. The minimum absolute atomic E-state index is 0.280. The van der Waals surface area contributed by atoms with Crippen molar-refractivity contribution in [2.24, 2.45) is 0 Å². The van der Waals surface area contributed by atoms with Gasteiger partial charge < -0.3 is 10.1 Å². The zero-order chi connectivity index (χ0) is 14.0. The van der Waals surface area contributed by atoms with Crippen molar-refractivity contribution < 1.29 is 4.74 Å². The summed E-state index contributed by atoms with van der Waals surface area (Å²) in [6, 6.07) is 6.64. The maximum atomic E-state index is 5.46. The van der Waals surface area contributed by atoms with E-state index in [0.29, 0.717) is 0 Å². The number of thiophene rings is 1. The molecule has 0 amide bonds. The molecular weight excluding hydrogens is 322 g/mol. The molecule has 1 N–H and O–H groups in total. The zero-order valence-electron chi connectivity index (χ0n) is 11.6. The fourth-order valence-corrected chi connectivity index (χ4v) is 3.61. The summed E-state index contributed by atoms with van der Waals surface area (Å²) in [5, 5.41) is 5.66. The second-order valence-corrected chi connectivity index (χ2v) is 6.48. The summed E-state index contributed by atoms with van der Waals surface area (Å²) < 4.78 is 6.60. The Morgan fingerprint density at radius 3 is 2.63 bits per heavy atom. The lowest BCUT2D eigenvalue weighted by Gasteiger charge is -2.18. The van der Waals surface area contributed by atoms with Crippen molar-refractivity contribution in [1.29, 1.82) is 0 Å². The third-order valence-corrected chi connectivity index (χ3v) is 5.07. The molecule has 1 aromatic heterocycles. The van der Waals surface area contributed by atoms with Crippen LogP contribution >= 0.6 is 27.3 Å². The lowest BCUT2D eigenvalue weighted by Crippen LogP contribution is -2.07. The van der Waals surface area contributed by atoms with Crippen LogP contribution in [0.3, 0.4) is 0 Å². The average Bonchev–Trinajstić information content (AvgIpc) is 2.80. The van der Waals surface area contributed by atoms with Gasteiger partial charge in [-0.3, -0.25) is 0 Å². The third kappa shape index (κ3) is 3.12. The molecule has 0 aliphatic rings.